The largest absolute Gasteiger partial charge is 0.493 e. The monoisotopic (exact) mass is 269 g/mol. The van der Waals surface area contributed by atoms with Crippen LogP contribution in [0, 0.1) is 0 Å². The number of amides is 3. The number of urea groups is 1. The molecule has 0 heterocycles. The number of nitrogens with one attached hydrogen (secondary N) is 2. The molecular formula is C11H15N3O5. The molecule has 0 aliphatic heterocycles. The van der Waals surface area contributed by atoms with E-state index in [1.165, 1.54) is 27.4 Å². The zero-order chi connectivity index (χ0) is 14.4. The van der Waals surface area contributed by atoms with Crippen molar-refractivity contribution < 1.29 is 23.8 Å². The maximum Gasteiger partial charge on any atom is 0.330 e. The number of carbonyl (C=O) groups excluding carboxylic acids is 2. The minimum absolute atomic E-state index is 0.161. The van der Waals surface area contributed by atoms with Gasteiger partial charge in [0.05, 0.1) is 26.9 Å². The lowest BCUT2D eigenvalue weighted by Gasteiger charge is -2.15. The van der Waals surface area contributed by atoms with Crippen LogP contribution in [0.1, 0.15) is 10.4 Å². The molecule has 8 heteroatoms. The van der Waals surface area contributed by atoms with E-state index in [0.717, 1.165) is 0 Å². The van der Waals surface area contributed by atoms with E-state index in [-0.39, 0.29) is 17.1 Å². The zero-order valence-electron chi connectivity index (χ0n) is 10.8. The van der Waals surface area contributed by atoms with Crippen molar-refractivity contribution in [3.05, 3.63) is 17.7 Å². The van der Waals surface area contributed by atoms with Crippen molar-refractivity contribution in [1.82, 2.24) is 10.9 Å². The van der Waals surface area contributed by atoms with Crippen molar-refractivity contribution >= 4 is 11.9 Å². The minimum atomic E-state index is -0.882. The lowest BCUT2D eigenvalue weighted by atomic mass is 10.1. The van der Waals surface area contributed by atoms with Gasteiger partial charge in [-0.25, -0.2) is 10.2 Å². The van der Waals surface area contributed by atoms with E-state index in [4.69, 9.17) is 19.9 Å². The molecule has 19 heavy (non-hydrogen) atoms. The molecule has 104 valence electrons. The van der Waals surface area contributed by atoms with Gasteiger partial charge < -0.3 is 19.9 Å². The number of hydrogen-bond donors (Lipinski definition) is 3. The molecule has 0 aromatic heterocycles. The van der Waals surface area contributed by atoms with E-state index in [0.29, 0.717) is 5.75 Å². The summed E-state index contributed by atoms with van der Waals surface area (Å²) in [5, 5.41) is 0. The van der Waals surface area contributed by atoms with Crippen LogP contribution in [0.2, 0.25) is 0 Å². The Morgan fingerprint density at radius 3 is 2.11 bits per heavy atom. The normalized spacial score (nSPS) is 9.42. The second-order valence-electron chi connectivity index (χ2n) is 3.33. The van der Waals surface area contributed by atoms with Crippen LogP contribution in [-0.2, 0) is 0 Å². The lowest BCUT2D eigenvalue weighted by molar-refractivity contribution is 0.0933. The number of ether oxygens (including phenoxy) is 3. The Morgan fingerprint density at radius 2 is 1.63 bits per heavy atom. The molecule has 0 atom stereocenters. The Balaban J connectivity index is 3.13. The first-order valence-electron chi connectivity index (χ1n) is 5.19. The third kappa shape index (κ3) is 3.18. The van der Waals surface area contributed by atoms with E-state index < -0.39 is 11.9 Å². The molecule has 0 fully saturated rings. The summed E-state index contributed by atoms with van der Waals surface area (Å²) in [6.45, 7) is 0. The van der Waals surface area contributed by atoms with Crippen LogP contribution in [0.3, 0.4) is 0 Å². The second kappa shape index (κ2) is 6.34. The van der Waals surface area contributed by atoms with Crippen LogP contribution in [0.25, 0.3) is 0 Å². The first kappa shape index (κ1) is 14.4. The Morgan fingerprint density at radius 1 is 1.00 bits per heavy atom. The maximum atomic E-state index is 11.8. The van der Waals surface area contributed by atoms with Gasteiger partial charge in [-0.2, -0.15) is 0 Å². The fraction of sp³-hybridized carbons (Fsp3) is 0.273. The maximum absolute atomic E-state index is 11.8. The van der Waals surface area contributed by atoms with Crippen molar-refractivity contribution in [2.45, 2.75) is 0 Å². The van der Waals surface area contributed by atoms with E-state index in [1.807, 2.05) is 5.43 Å². The highest BCUT2D eigenvalue weighted by atomic mass is 16.5. The topological polar surface area (TPSA) is 112 Å². The molecule has 8 nitrogen and oxygen atoms in total. The number of carbonyl (C=O) groups is 2. The predicted octanol–water partition coefficient (Wildman–Crippen LogP) is 0.0255. The number of methoxy groups -OCH3 is 3. The smallest absolute Gasteiger partial charge is 0.330 e. The van der Waals surface area contributed by atoms with Crippen molar-refractivity contribution in [3.63, 3.8) is 0 Å². The molecule has 0 spiro atoms. The number of primary amides is 1. The lowest BCUT2D eigenvalue weighted by Crippen LogP contribution is -2.44. The number of hydrazine groups is 1. The zero-order valence-corrected chi connectivity index (χ0v) is 10.8. The van der Waals surface area contributed by atoms with Gasteiger partial charge in [0.1, 0.15) is 0 Å². The number of benzene rings is 1. The van der Waals surface area contributed by atoms with Crippen molar-refractivity contribution in [3.8, 4) is 17.2 Å². The Kier molecular flexibility index (Phi) is 4.81. The Labute approximate surface area is 109 Å². The number of nitrogens with two attached hydrogens (primary N) is 1. The fourth-order valence-corrected chi connectivity index (χ4v) is 1.47. The van der Waals surface area contributed by atoms with Crippen LogP contribution in [0.5, 0.6) is 17.2 Å². The Hall–Kier alpha value is -2.64. The molecule has 0 radical (unpaired) electrons. The van der Waals surface area contributed by atoms with Gasteiger partial charge in [-0.15, -0.1) is 0 Å². The van der Waals surface area contributed by atoms with Crippen LogP contribution >= 0.6 is 0 Å². The first-order valence-corrected chi connectivity index (χ1v) is 5.19. The van der Waals surface area contributed by atoms with Gasteiger partial charge in [0.25, 0.3) is 5.91 Å². The molecule has 0 saturated carbocycles. The molecular weight excluding hydrogens is 254 g/mol. The SMILES string of the molecule is COc1ccc(C(=O)NNC(N)=O)c(OC)c1OC. The molecule has 0 bridgehead atoms. The summed E-state index contributed by atoms with van der Waals surface area (Å²) in [5.41, 5.74) is 9.11. The van der Waals surface area contributed by atoms with Crippen LogP contribution in [-0.4, -0.2) is 33.3 Å². The van der Waals surface area contributed by atoms with Gasteiger partial charge in [0, 0.05) is 0 Å². The van der Waals surface area contributed by atoms with Crippen molar-refractivity contribution in [1.29, 1.82) is 0 Å². The Bertz CT molecular complexity index is 489. The highest BCUT2D eigenvalue weighted by Gasteiger charge is 2.20. The standard InChI is InChI=1S/C11H15N3O5/c1-17-7-5-4-6(8(18-2)9(7)19-3)10(15)13-14-11(12)16/h4-5H,1-3H3,(H,13,15)(H3,12,14,16). The summed E-state index contributed by atoms with van der Waals surface area (Å²) < 4.78 is 15.3. The summed E-state index contributed by atoms with van der Waals surface area (Å²) in [5.74, 6) is 0.276. The number of rotatable bonds is 4. The van der Waals surface area contributed by atoms with Gasteiger partial charge >= 0.3 is 6.03 Å². The van der Waals surface area contributed by atoms with Gasteiger partial charge in [-0.1, -0.05) is 0 Å². The molecule has 4 N–H and O–H groups in total. The minimum Gasteiger partial charge on any atom is -0.493 e. The molecule has 0 aliphatic rings. The van der Waals surface area contributed by atoms with Gasteiger partial charge in [0.15, 0.2) is 11.5 Å². The van der Waals surface area contributed by atoms with Gasteiger partial charge in [-0.05, 0) is 12.1 Å². The fourth-order valence-electron chi connectivity index (χ4n) is 1.47. The van der Waals surface area contributed by atoms with Crippen molar-refractivity contribution in [2.24, 2.45) is 5.73 Å². The van der Waals surface area contributed by atoms with Gasteiger partial charge in [-0.3, -0.25) is 10.2 Å². The van der Waals surface area contributed by atoms with Crippen molar-refractivity contribution in [2.75, 3.05) is 21.3 Å². The molecule has 0 saturated heterocycles. The molecule has 1 rings (SSSR count). The number of hydrogen-bond acceptors (Lipinski definition) is 5. The average molecular weight is 269 g/mol. The van der Waals surface area contributed by atoms with E-state index in [2.05, 4.69) is 5.43 Å². The molecule has 1 aromatic rings. The third-order valence-electron chi connectivity index (χ3n) is 2.25. The quantitative estimate of drug-likeness (QED) is 0.667. The van der Waals surface area contributed by atoms with Crippen LogP contribution in [0.4, 0.5) is 4.79 Å². The highest BCUT2D eigenvalue weighted by molar-refractivity contribution is 5.99. The van der Waals surface area contributed by atoms with Gasteiger partial charge in [0.2, 0.25) is 5.75 Å². The molecule has 0 aliphatic carbocycles. The summed E-state index contributed by atoms with van der Waals surface area (Å²) in [4.78, 5) is 22.4. The average Bonchev–Trinajstić information content (AvgIpc) is 2.42. The summed E-state index contributed by atoms with van der Waals surface area (Å²) in [6, 6.07) is 2.13. The van der Waals surface area contributed by atoms with Crippen LogP contribution < -0.4 is 30.8 Å². The summed E-state index contributed by atoms with van der Waals surface area (Å²) in [6.07, 6.45) is 0. The third-order valence-corrected chi connectivity index (χ3v) is 2.25. The van der Waals surface area contributed by atoms with E-state index in [9.17, 15) is 9.59 Å². The van der Waals surface area contributed by atoms with Crippen LogP contribution in [0.15, 0.2) is 12.1 Å². The summed E-state index contributed by atoms with van der Waals surface area (Å²) in [7, 11) is 4.27. The first-order chi connectivity index (χ1) is 9.04. The second-order valence-corrected chi connectivity index (χ2v) is 3.33. The molecule has 0 unspecified atom stereocenters. The highest BCUT2D eigenvalue weighted by Crippen LogP contribution is 2.39. The predicted molar refractivity (Wildman–Crippen MR) is 66.3 cm³/mol. The van der Waals surface area contributed by atoms with E-state index >= 15 is 0 Å². The molecule has 1 aromatic carbocycles. The summed E-state index contributed by atoms with van der Waals surface area (Å²) >= 11 is 0. The van der Waals surface area contributed by atoms with E-state index in [1.54, 1.807) is 6.07 Å². The molecule has 3 amide bonds.